The minimum atomic E-state index is 0.445. The Labute approximate surface area is 157 Å². The molecule has 0 amide bonds. The minimum absolute atomic E-state index is 0.445. The summed E-state index contributed by atoms with van der Waals surface area (Å²) in [5.41, 5.74) is 3.50. The molecule has 8 heteroatoms. The van der Waals surface area contributed by atoms with Crippen molar-refractivity contribution >= 4 is 11.5 Å². The van der Waals surface area contributed by atoms with Crippen LogP contribution in [-0.2, 0) is 0 Å². The van der Waals surface area contributed by atoms with Crippen LogP contribution in [0.15, 0.2) is 36.8 Å². The van der Waals surface area contributed by atoms with Gasteiger partial charge in [-0.2, -0.15) is 10.4 Å². The van der Waals surface area contributed by atoms with E-state index in [1.54, 1.807) is 12.5 Å². The zero-order chi connectivity index (χ0) is 18.8. The Morgan fingerprint density at radius 2 is 1.67 bits per heavy atom. The molecule has 0 N–H and O–H groups in total. The molecular weight excluding hydrogens is 340 g/mol. The smallest absolute Gasteiger partial charge is 0.159 e. The molecule has 8 nitrogen and oxygen atoms in total. The van der Waals surface area contributed by atoms with E-state index in [2.05, 4.69) is 35.9 Å². The molecule has 0 unspecified atom stereocenters. The topological polar surface area (TPSA) is 86.8 Å². The van der Waals surface area contributed by atoms with Crippen LogP contribution < -0.4 is 9.80 Å². The molecule has 3 aromatic heterocycles. The highest BCUT2D eigenvalue weighted by Crippen LogP contribution is 2.21. The summed E-state index contributed by atoms with van der Waals surface area (Å²) in [6.45, 7) is 7.39. The number of rotatable bonds is 3. The van der Waals surface area contributed by atoms with Crippen molar-refractivity contribution in [3.8, 4) is 11.9 Å². The van der Waals surface area contributed by atoms with E-state index in [-0.39, 0.29) is 0 Å². The number of anilines is 2. The Morgan fingerprint density at radius 3 is 2.37 bits per heavy atom. The number of piperazine rings is 1. The molecule has 27 heavy (non-hydrogen) atoms. The number of nitrogens with zero attached hydrogens (tertiary/aromatic N) is 8. The van der Waals surface area contributed by atoms with Crippen LogP contribution in [0.1, 0.15) is 17.1 Å². The number of nitriles is 1. The summed E-state index contributed by atoms with van der Waals surface area (Å²) in [5.74, 6) is 1.68. The first-order valence-electron chi connectivity index (χ1n) is 8.86. The Kier molecular flexibility index (Phi) is 4.42. The predicted molar refractivity (Wildman–Crippen MR) is 102 cm³/mol. The van der Waals surface area contributed by atoms with Crippen LogP contribution in [0.4, 0.5) is 11.5 Å². The quantitative estimate of drug-likeness (QED) is 0.705. The van der Waals surface area contributed by atoms with Crippen LogP contribution in [-0.4, -0.2) is 50.9 Å². The molecule has 1 aliphatic rings. The van der Waals surface area contributed by atoms with E-state index in [9.17, 15) is 0 Å². The third kappa shape index (κ3) is 3.44. The Morgan fingerprint density at radius 1 is 0.926 bits per heavy atom. The highest BCUT2D eigenvalue weighted by Gasteiger charge is 2.19. The van der Waals surface area contributed by atoms with Crippen molar-refractivity contribution in [1.29, 1.82) is 5.26 Å². The molecule has 1 saturated heterocycles. The van der Waals surface area contributed by atoms with Crippen LogP contribution in [0.3, 0.4) is 0 Å². The Balaban J connectivity index is 1.49. The zero-order valence-electron chi connectivity index (χ0n) is 15.4. The monoisotopic (exact) mass is 360 g/mol. The number of aromatic nitrogens is 5. The first kappa shape index (κ1) is 17.0. The third-order valence-electron chi connectivity index (χ3n) is 4.69. The van der Waals surface area contributed by atoms with Gasteiger partial charge < -0.3 is 9.80 Å². The average molecular weight is 360 g/mol. The second-order valence-electron chi connectivity index (χ2n) is 6.56. The first-order valence-corrected chi connectivity index (χ1v) is 8.86. The minimum Gasteiger partial charge on any atom is -0.368 e. The molecule has 136 valence electrons. The summed E-state index contributed by atoms with van der Waals surface area (Å²) in [7, 11) is 0. The van der Waals surface area contributed by atoms with Gasteiger partial charge in [0.2, 0.25) is 0 Å². The molecule has 0 aliphatic carbocycles. The normalized spacial score (nSPS) is 14.3. The van der Waals surface area contributed by atoms with Crippen molar-refractivity contribution < 1.29 is 0 Å². The lowest BCUT2D eigenvalue weighted by Crippen LogP contribution is -2.46. The van der Waals surface area contributed by atoms with E-state index in [0.29, 0.717) is 5.69 Å². The van der Waals surface area contributed by atoms with Gasteiger partial charge >= 0.3 is 0 Å². The van der Waals surface area contributed by atoms with E-state index in [4.69, 9.17) is 5.26 Å². The molecule has 0 aromatic carbocycles. The summed E-state index contributed by atoms with van der Waals surface area (Å²) < 4.78 is 1.84. The van der Waals surface area contributed by atoms with Gasteiger partial charge in [-0.05, 0) is 32.0 Å². The molecule has 4 rings (SSSR count). The number of hydrogen-bond acceptors (Lipinski definition) is 7. The fraction of sp³-hybridized carbons (Fsp3) is 0.316. The maximum atomic E-state index is 9.03. The Bertz CT molecular complexity index is 995. The van der Waals surface area contributed by atoms with Crippen molar-refractivity contribution in [2.24, 2.45) is 0 Å². The van der Waals surface area contributed by atoms with E-state index < -0.39 is 0 Å². The van der Waals surface area contributed by atoms with E-state index >= 15 is 0 Å². The largest absolute Gasteiger partial charge is 0.368 e. The molecule has 4 heterocycles. The average Bonchev–Trinajstić information content (AvgIpc) is 3.06. The van der Waals surface area contributed by atoms with Gasteiger partial charge in [0, 0.05) is 49.8 Å². The van der Waals surface area contributed by atoms with Crippen molar-refractivity contribution in [3.05, 3.63) is 53.9 Å². The molecular formula is C19H20N8. The second kappa shape index (κ2) is 7.03. The molecule has 1 fully saturated rings. The summed E-state index contributed by atoms with van der Waals surface area (Å²) in [5, 5.41) is 13.5. The lowest BCUT2D eigenvalue weighted by atomic mass is 10.2. The summed E-state index contributed by atoms with van der Waals surface area (Å²) in [6.07, 6.45) is 3.28. The molecule has 1 aliphatic heterocycles. The summed E-state index contributed by atoms with van der Waals surface area (Å²) in [6, 6.07) is 9.89. The van der Waals surface area contributed by atoms with Crippen molar-refractivity contribution in [3.63, 3.8) is 0 Å². The maximum absolute atomic E-state index is 9.03. The van der Waals surface area contributed by atoms with Crippen LogP contribution in [0.5, 0.6) is 0 Å². The highest BCUT2D eigenvalue weighted by molar-refractivity contribution is 5.52. The molecule has 0 atom stereocenters. The standard InChI is InChI=1S/C19H20N8/c1-14-9-15(2)27(24-14)19-11-18(22-13-23-19)26-7-5-25(6-8-26)17-3-4-21-16(10-17)12-20/h3-4,9-11,13H,5-8H2,1-2H3. The number of aryl methyl sites for hydroxylation is 2. The lowest BCUT2D eigenvalue weighted by Gasteiger charge is -2.36. The van der Waals surface area contributed by atoms with Gasteiger partial charge in [0.15, 0.2) is 5.82 Å². The third-order valence-corrected chi connectivity index (χ3v) is 4.69. The fourth-order valence-corrected chi connectivity index (χ4v) is 3.36. The van der Waals surface area contributed by atoms with Gasteiger partial charge in [-0.25, -0.2) is 19.6 Å². The van der Waals surface area contributed by atoms with Crippen molar-refractivity contribution in [2.75, 3.05) is 36.0 Å². The van der Waals surface area contributed by atoms with Crippen LogP contribution in [0, 0.1) is 25.2 Å². The van der Waals surface area contributed by atoms with Crippen LogP contribution >= 0.6 is 0 Å². The van der Waals surface area contributed by atoms with Crippen LogP contribution in [0.2, 0.25) is 0 Å². The van der Waals surface area contributed by atoms with Gasteiger partial charge in [0.05, 0.1) is 5.69 Å². The zero-order valence-corrected chi connectivity index (χ0v) is 15.4. The molecule has 0 bridgehead atoms. The van der Waals surface area contributed by atoms with Gasteiger partial charge in [-0.15, -0.1) is 0 Å². The highest BCUT2D eigenvalue weighted by atomic mass is 15.3. The van der Waals surface area contributed by atoms with Gasteiger partial charge in [-0.1, -0.05) is 0 Å². The fourth-order valence-electron chi connectivity index (χ4n) is 3.36. The first-order chi connectivity index (χ1) is 13.1. The molecule has 0 saturated carbocycles. The lowest BCUT2D eigenvalue weighted by molar-refractivity contribution is 0.645. The van der Waals surface area contributed by atoms with Gasteiger partial charge in [-0.3, -0.25) is 0 Å². The van der Waals surface area contributed by atoms with E-state index in [0.717, 1.165) is 54.9 Å². The molecule has 0 spiro atoms. The second-order valence-corrected chi connectivity index (χ2v) is 6.56. The molecule has 3 aromatic rings. The predicted octanol–water partition coefficient (Wildman–Crippen LogP) is 1.87. The number of hydrogen-bond donors (Lipinski definition) is 0. The van der Waals surface area contributed by atoms with Crippen LogP contribution in [0.25, 0.3) is 5.82 Å². The SMILES string of the molecule is Cc1cc(C)n(-c2cc(N3CCN(c4ccnc(C#N)c4)CC3)ncn2)n1. The maximum Gasteiger partial charge on any atom is 0.159 e. The van der Waals surface area contributed by atoms with E-state index in [1.807, 2.05) is 42.8 Å². The Hall–Kier alpha value is -3.47. The van der Waals surface area contributed by atoms with Crippen molar-refractivity contribution in [2.45, 2.75) is 13.8 Å². The summed E-state index contributed by atoms with van der Waals surface area (Å²) >= 11 is 0. The van der Waals surface area contributed by atoms with Gasteiger partial charge in [0.1, 0.15) is 23.9 Å². The molecule has 0 radical (unpaired) electrons. The van der Waals surface area contributed by atoms with Gasteiger partial charge in [0.25, 0.3) is 0 Å². The number of pyridine rings is 1. The van der Waals surface area contributed by atoms with E-state index in [1.165, 1.54) is 0 Å². The summed E-state index contributed by atoms with van der Waals surface area (Å²) in [4.78, 5) is 17.4. The van der Waals surface area contributed by atoms with Crippen molar-refractivity contribution in [1.82, 2.24) is 24.7 Å².